The average molecular weight is 208 g/mol. The number of hydrogen-bond donors (Lipinski definition) is 1. The number of rotatable bonds is 1. The van der Waals surface area contributed by atoms with Gasteiger partial charge in [-0.05, 0) is 24.3 Å². The van der Waals surface area contributed by atoms with Crippen molar-refractivity contribution in [2.24, 2.45) is 0 Å². The number of urea groups is 1. The zero-order valence-corrected chi connectivity index (χ0v) is 7.87. The summed E-state index contributed by atoms with van der Waals surface area (Å²) < 4.78 is 12.6. The molecule has 5 heteroatoms. The molecule has 4 nitrogen and oxygen atoms in total. The molecule has 3 amide bonds. The second-order valence-corrected chi connectivity index (χ2v) is 3.19. The van der Waals surface area contributed by atoms with E-state index in [1.807, 2.05) is 0 Å². The van der Waals surface area contributed by atoms with Crippen LogP contribution in [0.15, 0.2) is 24.3 Å². The first kappa shape index (κ1) is 9.64. The number of amides is 3. The Labute approximate surface area is 85.7 Å². The van der Waals surface area contributed by atoms with Crippen LogP contribution in [0.2, 0.25) is 0 Å². The minimum Gasteiger partial charge on any atom is -0.337 e. The van der Waals surface area contributed by atoms with Gasteiger partial charge in [0, 0.05) is 13.0 Å². The van der Waals surface area contributed by atoms with Crippen molar-refractivity contribution in [2.75, 3.05) is 11.4 Å². The zero-order chi connectivity index (χ0) is 10.8. The maximum absolute atomic E-state index is 12.6. The van der Waals surface area contributed by atoms with Crippen molar-refractivity contribution in [3.63, 3.8) is 0 Å². The number of hydrogen-bond acceptors (Lipinski definition) is 2. The fourth-order valence-electron chi connectivity index (χ4n) is 1.43. The number of nitrogens with one attached hydrogen (secondary N) is 1. The molecule has 0 aromatic heterocycles. The van der Waals surface area contributed by atoms with Gasteiger partial charge in [-0.3, -0.25) is 4.79 Å². The van der Waals surface area contributed by atoms with E-state index in [9.17, 15) is 14.0 Å². The fraction of sp³-hybridized carbons (Fsp3) is 0.200. The normalized spacial score (nSPS) is 16.5. The van der Waals surface area contributed by atoms with E-state index >= 15 is 0 Å². The predicted octanol–water partition coefficient (Wildman–Crippen LogP) is 1.27. The molecule has 0 spiro atoms. The van der Waals surface area contributed by atoms with E-state index in [1.54, 1.807) is 0 Å². The van der Waals surface area contributed by atoms with Gasteiger partial charge in [0.1, 0.15) is 5.82 Å². The molecule has 1 aromatic carbocycles. The maximum Gasteiger partial charge on any atom is 0.328 e. The predicted molar refractivity (Wildman–Crippen MR) is 51.9 cm³/mol. The molecule has 1 aliphatic heterocycles. The summed E-state index contributed by atoms with van der Waals surface area (Å²) in [6.45, 7) is 0.357. The van der Waals surface area contributed by atoms with Crippen LogP contribution in [-0.2, 0) is 4.79 Å². The molecule has 2 rings (SSSR count). The lowest BCUT2D eigenvalue weighted by atomic mass is 10.2. The third-order valence-electron chi connectivity index (χ3n) is 2.15. The number of halogens is 1. The molecule has 0 unspecified atom stereocenters. The Morgan fingerprint density at radius 3 is 2.47 bits per heavy atom. The van der Waals surface area contributed by atoms with Crippen LogP contribution in [0.25, 0.3) is 0 Å². The summed E-state index contributed by atoms with van der Waals surface area (Å²) in [4.78, 5) is 23.9. The number of anilines is 1. The first-order valence-electron chi connectivity index (χ1n) is 4.55. The summed E-state index contributed by atoms with van der Waals surface area (Å²) >= 11 is 0. The van der Waals surface area contributed by atoms with Gasteiger partial charge in [-0.15, -0.1) is 0 Å². The number of benzene rings is 1. The van der Waals surface area contributed by atoms with Crippen LogP contribution < -0.4 is 10.2 Å². The Balaban J connectivity index is 2.31. The Morgan fingerprint density at radius 2 is 1.87 bits per heavy atom. The summed E-state index contributed by atoms with van der Waals surface area (Å²) in [6.07, 6.45) is 0.267. The Morgan fingerprint density at radius 1 is 1.20 bits per heavy atom. The smallest absolute Gasteiger partial charge is 0.328 e. The highest BCUT2D eigenvalue weighted by molar-refractivity contribution is 6.15. The van der Waals surface area contributed by atoms with Crippen molar-refractivity contribution in [3.05, 3.63) is 30.1 Å². The zero-order valence-electron chi connectivity index (χ0n) is 7.87. The summed E-state index contributed by atoms with van der Waals surface area (Å²) in [5.74, 6) is -0.672. The van der Waals surface area contributed by atoms with Gasteiger partial charge in [0.05, 0.1) is 5.69 Å². The van der Waals surface area contributed by atoms with E-state index in [2.05, 4.69) is 5.32 Å². The highest BCUT2D eigenvalue weighted by atomic mass is 19.1. The molecule has 0 aliphatic carbocycles. The highest BCUT2D eigenvalue weighted by Gasteiger charge is 2.26. The van der Waals surface area contributed by atoms with Gasteiger partial charge in [-0.1, -0.05) is 0 Å². The molecule has 1 fully saturated rings. The second kappa shape index (κ2) is 3.68. The van der Waals surface area contributed by atoms with Crippen LogP contribution in [0, 0.1) is 5.82 Å². The third kappa shape index (κ3) is 1.81. The van der Waals surface area contributed by atoms with Crippen molar-refractivity contribution < 1.29 is 14.0 Å². The number of imide groups is 1. The number of carbonyl (C=O) groups is 2. The van der Waals surface area contributed by atoms with E-state index in [0.29, 0.717) is 12.2 Å². The summed E-state index contributed by atoms with van der Waals surface area (Å²) in [5, 5.41) is 2.55. The van der Waals surface area contributed by atoms with E-state index in [0.717, 1.165) is 4.90 Å². The largest absolute Gasteiger partial charge is 0.337 e. The molecule has 1 heterocycles. The van der Waals surface area contributed by atoms with Gasteiger partial charge in [-0.25, -0.2) is 14.1 Å². The molecule has 0 radical (unpaired) electrons. The molecule has 0 saturated carbocycles. The van der Waals surface area contributed by atoms with Gasteiger partial charge in [0.2, 0.25) is 5.91 Å². The number of nitrogens with zero attached hydrogens (tertiary/aromatic N) is 1. The second-order valence-electron chi connectivity index (χ2n) is 3.19. The molecule has 1 N–H and O–H groups in total. The molecule has 0 bridgehead atoms. The third-order valence-corrected chi connectivity index (χ3v) is 2.15. The summed E-state index contributed by atoms with van der Waals surface area (Å²) in [7, 11) is 0. The molecular formula is C10H9FN2O2. The Bertz CT molecular complexity index is 386. The topological polar surface area (TPSA) is 49.4 Å². The van der Waals surface area contributed by atoms with Crippen LogP contribution in [-0.4, -0.2) is 18.5 Å². The first-order chi connectivity index (χ1) is 7.18. The van der Waals surface area contributed by atoms with Crippen LogP contribution in [0.1, 0.15) is 6.42 Å². The fourth-order valence-corrected chi connectivity index (χ4v) is 1.43. The molecule has 15 heavy (non-hydrogen) atoms. The van der Waals surface area contributed by atoms with Crippen molar-refractivity contribution in [1.29, 1.82) is 0 Å². The SMILES string of the molecule is O=C1CCNC(=O)N1c1ccc(F)cc1. The minimum atomic E-state index is -0.460. The quantitative estimate of drug-likeness (QED) is 0.755. The average Bonchev–Trinajstić information content (AvgIpc) is 2.20. The van der Waals surface area contributed by atoms with Crippen LogP contribution in [0.5, 0.6) is 0 Å². The van der Waals surface area contributed by atoms with Gasteiger partial charge in [-0.2, -0.15) is 0 Å². The lowest BCUT2D eigenvalue weighted by molar-refractivity contribution is -0.118. The van der Waals surface area contributed by atoms with Crippen molar-refractivity contribution in [1.82, 2.24) is 5.32 Å². The summed E-state index contributed by atoms with van der Waals surface area (Å²) in [6, 6.07) is 4.77. The van der Waals surface area contributed by atoms with Gasteiger partial charge in [0.25, 0.3) is 0 Å². The Kier molecular flexibility index (Phi) is 2.37. The van der Waals surface area contributed by atoms with Crippen molar-refractivity contribution >= 4 is 17.6 Å². The monoisotopic (exact) mass is 208 g/mol. The van der Waals surface area contributed by atoms with Crippen LogP contribution in [0.4, 0.5) is 14.9 Å². The lowest BCUT2D eigenvalue weighted by Gasteiger charge is -2.25. The number of carbonyl (C=O) groups excluding carboxylic acids is 2. The van der Waals surface area contributed by atoms with Crippen LogP contribution in [0.3, 0.4) is 0 Å². The molecule has 0 atom stereocenters. The standard InChI is InChI=1S/C10H9FN2O2/c11-7-1-3-8(4-2-7)13-9(14)5-6-12-10(13)15/h1-4H,5-6H2,(H,12,15). The minimum absolute atomic E-state index is 0.267. The van der Waals surface area contributed by atoms with E-state index in [1.165, 1.54) is 24.3 Å². The molecule has 78 valence electrons. The highest BCUT2D eigenvalue weighted by Crippen LogP contribution is 2.17. The molecule has 1 saturated heterocycles. The molecule has 1 aliphatic rings. The molecular weight excluding hydrogens is 199 g/mol. The van der Waals surface area contributed by atoms with Crippen molar-refractivity contribution in [2.45, 2.75) is 6.42 Å². The van der Waals surface area contributed by atoms with E-state index in [-0.39, 0.29) is 12.3 Å². The van der Waals surface area contributed by atoms with Gasteiger partial charge in [0.15, 0.2) is 0 Å². The van der Waals surface area contributed by atoms with Crippen molar-refractivity contribution in [3.8, 4) is 0 Å². The van der Waals surface area contributed by atoms with Crippen LogP contribution >= 0.6 is 0 Å². The summed E-state index contributed by atoms with van der Waals surface area (Å²) in [5.41, 5.74) is 0.388. The van der Waals surface area contributed by atoms with E-state index < -0.39 is 11.8 Å². The van der Waals surface area contributed by atoms with Gasteiger partial charge >= 0.3 is 6.03 Å². The Hall–Kier alpha value is -1.91. The maximum atomic E-state index is 12.6. The van der Waals surface area contributed by atoms with E-state index in [4.69, 9.17) is 0 Å². The lowest BCUT2D eigenvalue weighted by Crippen LogP contribution is -2.50. The first-order valence-corrected chi connectivity index (χ1v) is 4.55. The molecule has 1 aromatic rings. The van der Waals surface area contributed by atoms with Gasteiger partial charge < -0.3 is 5.32 Å².